The molecule has 1 aliphatic heterocycles. The summed E-state index contributed by atoms with van der Waals surface area (Å²) in [7, 11) is 0. The van der Waals surface area contributed by atoms with Crippen LogP contribution in [0.2, 0.25) is 0 Å². The molecule has 1 aromatic rings. The Morgan fingerprint density at radius 2 is 2.10 bits per heavy atom. The average molecular weight is 291 g/mol. The monoisotopic (exact) mass is 291 g/mol. The van der Waals surface area contributed by atoms with Crippen molar-refractivity contribution in [1.29, 1.82) is 0 Å². The van der Waals surface area contributed by atoms with Crippen molar-refractivity contribution in [1.82, 2.24) is 5.32 Å². The molecule has 2 rings (SSSR count). The van der Waals surface area contributed by atoms with Crippen molar-refractivity contribution in [3.05, 3.63) is 24.3 Å². The van der Waals surface area contributed by atoms with Gasteiger partial charge in [0.1, 0.15) is 5.75 Å². The van der Waals surface area contributed by atoms with E-state index in [0.717, 1.165) is 25.9 Å². The van der Waals surface area contributed by atoms with E-state index in [1.54, 1.807) is 24.3 Å². The Hall–Kier alpha value is -2.08. The highest BCUT2D eigenvalue weighted by molar-refractivity contribution is 5.95. The predicted octanol–water partition coefficient (Wildman–Crippen LogP) is 0.879. The normalized spacial score (nSPS) is 21.0. The summed E-state index contributed by atoms with van der Waals surface area (Å²) in [5.41, 5.74) is 5.40. The molecule has 1 aliphatic rings. The van der Waals surface area contributed by atoms with Crippen molar-refractivity contribution >= 4 is 17.5 Å². The number of rotatable bonds is 6. The molecule has 0 spiro atoms. The van der Waals surface area contributed by atoms with Crippen molar-refractivity contribution in [3.8, 4) is 5.75 Å². The maximum atomic E-state index is 12.4. The van der Waals surface area contributed by atoms with Crippen LogP contribution in [0.15, 0.2) is 24.3 Å². The second-order valence-electron chi connectivity index (χ2n) is 5.29. The number of carbonyl (C=O) groups excluding carboxylic acids is 2. The molecule has 6 nitrogen and oxygen atoms in total. The summed E-state index contributed by atoms with van der Waals surface area (Å²) in [6.45, 7) is 3.47. The molecule has 0 saturated carbocycles. The number of hydrogen-bond donors (Lipinski definition) is 3. The first-order valence-corrected chi connectivity index (χ1v) is 7.09. The standard InChI is InChI=1S/C15H21N3O3/c1-2-15(7-8-17-10-15)14(20)18-11-3-5-12(6-4-11)21-9-13(16)19/h3-6,17H,2,7-10H2,1H3,(H2,16,19)(H,18,20). The topological polar surface area (TPSA) is 93.4 Å². The Kier molecular flexibility index (Phi) is 4.80. The Morgan fingerprint density at radius 1 is 1.38 bits per heavy atom. The van der Waals surface area contributed by atoms with Gasteiger partial charge in [0.05, 0.1) is 5.41 Å². The van der Waals surface area contributed by atoms with E-state index in [2.05, 4.69) is 10.6 Å². The van der Waals surface area contributed by atoms with Crippen LogP contribution in [0.5, 0.6) is 5.75 Å². The molecule has 4 N–H and O–H groups in total. The number of ether oxygens (including phenoxy) is 1. The fourth-order valence-electron chi connectivity index (χ4n) is 2.45. The lowest BCUT2D eigenvalue weighted by Crippen LogP contribution is -2.37. The predicted molar refractivity (Wildman–Crippen MR) is 80.0 cm³/mol. The van der Waals surface area contributed by atoms with Gasteiger partial charge < -0.3 is 21.1 Å². The lowest BCUT2D eigenvalue weighted by atomic mass is 9.83. The molecule has 0 aliphatic carbocycles. The third-order valence-corrected chi connectivity index (χ3v) is 3.90. The molecule has 21 heavy (non-hydrogen) atoms. The number of anilines is 1. The molecule has 1 heterocycles. The lowest BCUT2D eigenvalue weighted by Gasteiger charge is -2.25. The van der Waals surface area contributed by atoms with Gasteiger partial charge in [-0.3, -0.25) is 9.59 Å². The third kappa shape index (κ3) is 3.72. The van der Waals surface area contributed by atoms with Gasteiger partial charge >= 0.3 is 0 Å². The number of amides is 2. The first-order valence-electron chi connectivity index (χ1n) is 7.09. The average Bonchev–Trinajstić information content (AvgIpc) is 2.96. The zero-order valence-electron chi connectivity index (χ0n) is 12.1. The molecule has 0 radical (unpaired) electrons. The molecular formula is C15H21N3O3. The van der Waals surface area contributed by atoms with Crippen LogP contribution in [0.3, 0.4) is 0 Å². The highest BCUT2D eigenvalue weighted by Gasteiger charge is 2.39. The number of carbonyl (C=O) groups is 2. The van der Waals surface area contributed by atoms with Crippen LogP contribution in [0.1, 0.15) is 19.8 Å². The van der Waals surface area contributed by atoms with Gasteiger partial charge in [-0.15, -0.1) is 0 Å². The summed E-state index contributed by atoms with van der Waals surface area (Å²) in [5, 5.41) is 6.18. The second kappa shape index (κ2) is 6.58. The fourth-order valence-corrected chi connectivity index (χ4v) is 2.45. The summed E-state index contributed by atoms with van der Waals surface area (Å²) in [6, 6.07) is 6.90. The van der Waals surface area contributed by atoms with Gasteiger partial charge in [0, 0.05) is 12.2 Å². The van der Waals surface area contributed by atoms with Gasteiger partial charge in [0.2, 0.25) is 5.91 Å². The minimum absolute atomic E-state index is 0.0424. The molecule has 1 unspecified atom stereocenters. The van der Waals surface area contributed by atoms with E-state index in [1.165, 1.54) is 0 Å². The van der Waals surface area contributed by atoms with Gasteiger partial charge in [-0.1, -0.05) is 6.92 Å². The van der Waals surface area contributed by atoms with Crippen LogP contribution in [-0.2, 0) is 9.59 Å². The van der Waals surface area contributed by atoms with E-state index in [-0.39, 0.29) is 17.9 Å². The first kappa shape index (κ1) is 15.3. The fraction of sp³-hybridized carbons (Fsp3) is 0.467. The smallest absolute Gasteiger partial charge is 0.255 e. The minimum atomic E-state index is -0.522. The summed E-state index contributed by atoms with van der Waals surface area (Å²) < 4.78 is 5.17. The second-order valence-corrected chi connectivity index (χ2v) is 5.29. The summed E-state index contributed by atoms with van der Waals surface area (Å²) in [5.74, 6) is 0.0614. The summed E-state index contributed by atoms with van der Waals surface area (Å²) >= 11 is 0. The Balaban J connectivity index is 1.96. The maximum Gasteiger partial charge on any atom is 0.255 e. The van der Waals surface area contributed by atoms with Crippen LogP contribution in [0.25, 0.3) is 0 Å². The molecular weight excluding hydrogens is 270 g/mol. The number of nitrogens with one attached hydrogen (secondary N) is 2. The number of benzene rings is 1. The number of hydrogen-bond acceptors (Lipinski definition) is 4. The molecule has 1 atom stereocenters. The van der Waals surface area contributed by atoms with Gasteiger partial charge in [-0.25, -0.2) is 0 Å². The van der Waals surface area contributed by atoms with Crippen molar-refractivity contribution in [2.24, 2.45) is 11.1 Å². The van der Waals surface area contributed by atoms with E-state index in [4.69, 9.17) is 10.5 Å². The number of nitrogens with two attached hydrogens (primary N) is 1. The van der Waals surface area contributed by atoms with Crippen LogP contribution < -0.4 is 21.1 Å². The molecule has 1 saturated heterocycles. The van der Waals surface area contributed by atoms with Crippen LogP contribution in [0, 0.1) is 5.41 Å². The van der Waals surface area contributed by atoms with Crippen molar-refractivity contribution < 1.29 is 14.3 Å². The van der Waals surface area contributed by atoms with Gasteiger partial charge in [0.25, 0.3) is 5.91 Å². The Labute approximate surface area is 124 Å². The third-order valence-electron chi connectivity index (χ3n) is 3.90. The van der Waals surface area contributed by atoms with Crippen molar-refractivity contribution in [3.63, 3.8) is 0 Å². The Morgan fingerprint density at radius 3 is 2.62 bits per heavy atom. The molecule has 6 heteroatoms. The summed E-state index contributed by atoms with van der Waals surface area (Å²) in [6.07, 6.45) is 1.67. The molecule has 0 aromatic heterocycles. The number of primary amides is 1. The molecule has 2 amide bonds. The minimum Gasteiger partial charge on any atom is -0.484 e. The van der Waals surface area contributed by atoms with Gasteiger partial charge in [-0.2, -0.15) is 0 Å². The highest BCUT2D eigenvalue weighted by atomic mass is 16.5. The molecule has 114 valence electrons. The lowest BCUT2D eigenvalue weighted by molar-refractivity contribution is -0.124. The molecule has 0 bridgehead atoms. The van der Waals surface area contributed by atoms with Gasteiger partial charge in [-0.05, 0) is 43.7 Å². The zero-order valence-corrected chi connectivity index (χ0v) is 12.1. The SMILES string of the molecule is CCC1(C(=O)Nc2ccc(OCC(N)=O)cc2)CCNC1. The van der Waals surface area contributed by atoms with Crippen molar-refractivity contribution in [2.45, 2.75) is 19.8 Å². The highest BCUT2D eigenvalue weighted by Crippen LogP contribution is 2.31. The molecule has 1 fully saturated rings. The molecule has 1 aromatic carbocycles. The van der Waals surface area contributed by atoms with E-state index in [1.807, 2.05) is 6.92 Å². The summed E-state index contributed by atoms with van der Waals surface area (Å²) in [4.78, 5) is 23.1. The van der Waals surface area contributed by atoms with E-state index in [9.17, 15) is 9.59 Å². The Bertz CT molecular complexity index is 507. The van der Waals surface area contributed by atoms with Crippen LogP contribution >= 0.6 is 0 Å². The van der Waals surface area contributed by atoms with E-state index in [0.29, 0.717) is 11.4 Å². The quantitative estimate of drug-likeness (QED) is 0.725. The zero-order chi connectivity index (χ0) is 15.3. The maximum absolute atomic E-state index is 12.4. The van der Waals surface area contributed by atoms with Crippen LogP contribution in [-0.4, -0.2) is 31.5 Å². The largest absolute Gasteiger partial charge is 0.484 e. The first-order chi connectivity index (χ1) is 10.1. The van der Waals surface area contributed by atoms with E-state index < -0.39 is 5.91 Å². The van der Waals surface area contributed by atoms with Gasteiger partial charge in [0.15, 0.2) is 6.61 Å². The van der Waals surface area contributed by atoms with Crippen molar-refractivity contribution in [2.75, 3.05) is 25.0 Å². The van der Waals surface area contributed by atoms with E-state index >= 15 is 0 Å². The van der Waals surface area contributed by atoms with Crippen LogP contribution in [0.4, 0.5) is 5.69 Å².